The van der Waals surface area contributed by atoms with Crippen molar-refractivity contribution in [1.29, 1.82) is 0 Å². The van der Waals surface area contributed by atoms with Crippen molar-refractivity contribution in [2.75, 3.05) is 6.16 Å². The molecule has 3 aromatic carbocycles. The molecule has 0 N–H and O–H groups in total. The third kappa shape index (κ3) is 5.83. The van der Waals surface area contributed by atoms with E-state index in [1.165, 1.54) is 36.4 Å². The summed E-state index contributed by atoms with van der Waals surface area (Å²) in [5.74, 6) is -0.0739. The minimum Gasteiger partial charge on any atom is -0.166 e. The average Bonchev–Trinajstić information content (AvgIpc) is 2.76. The maximum absolute atomic E-state index is 13.2. The number of benzene rings is 3. The Balaban J connectivity index is 2.30. The average molecular weight is 523 g/mol. The second-order valence-electron chi connectivity index (χ2n) is 8.52. The highest BCUT2D eigenvalue weighted by Crippen LogP contribution is 2.57. The molecule has 3 rings (SSSR count). The minimum absolute atomic E-state index is 0.0739. The van der Waals surface area contributed by atoms with Gasteiger partial charge in [-0.3, -0.25) is 0 Å². The second-order valence-corrected chi connectivity index (χ2v) is 12.1. The molecule has 0 unspecified atom stereocenters. The zero-order valence-electron chi connectivity index (χ0n) is 18.6. The molecule has 10 heteroatoms. The fraction of sp³-hybridized carbons (Fsp3) is 0.280. The summed E-state index contributed by atoms with van der Waals surface area (Å²) in [5, 5.41) is 1.29. The number of hydrogen-bond acceptors (Lipinski definition) is 0. The summed E-state index contributed by atoms with van der Waals surface area (Å²) in [6, 6.07) is 13.0. The van der Waals surface area contributed by atoms with E-state index in [2.05, 4.69) is 0 Å². The molecular weight excluding hydrogens is 502 g/mol. The van der Waals surface area contributed by atoms with Gasteiger partial charge < -0.3 is 0 Å². The van der Waals surface area contributed by atoms with Crippen molar-refractivity contribution in [3.63, 3.8) is 0 Å². The largest absolute Gasteiger partial charge is 0.416 e. The Morgan fingerprint density at radius 2 is 0.714 bits per heavy atom. The highest BCUT2D eigenvalue weighted by Gasteiger charge is 2.47. The van der Waals surface area contributed by atoms with Gasteiger partial charge in [0.1, 0.15) is 23.2 Å². The molecule has 0 spiro atoms. The van der Waals surface area contributed by atoms with Gasteiger partial charge in [0.25, 0.3) is 0 Å². The lowest BCUT2D eigenvalue weighted by Crippen LogP contribution is -2.35. The second kappa shape index (κ2) is 9.49. The Labute approximate surface area is 197 Å². The number of hydrogen-bond donors (Lipinski definition) is 0. The summed E-state index contributed by atoms with van der Waals surface area (Å²) in [6.07, 6.45) is -13.5. The summed E-state index contributed by atoms with van der Waals surface area (Å²) < 4.78 is 119. The van der Waals surface area contributed by atoms with Crippen LogP contribution >= 0.6 is 7.26 Å². The SMILES string of the molecule is CC(C)C[P+](c1ccc(C(F)(F)F)cc1)(c1ccc(C(F)(F)F)cc1)c1ccc(C(F)(F)F)cc1. The van der Waals surface area contributed by atoms with Gasteiger partial charge in [0.2, 0.25) is 0 Å². The molecule has 3 aromatic rings. The predicted octanol–water partition coefficient (Wildman–Crippen LogP) is 7.69. The lowest BCUT2D eigenvalue weighted by Gasteiger charge is -2.30. The Morgan fingerprint density at radius 3 is 0.886 bits per heavy atom. The highest BCUT2D eigenvalue weighted by atomic mass is 31.2. The van der Waals surface area contributed by atoms with Crippen LogP contribution in [0.25, 0.3) is 0 Å². The summed E-state index contributed by atoms with van der Waals surface area (Å²) in [4.78, 5) is 0. The van der Waals surface area contributed by atoms with Gasteiger partial charge in [-0.1, -0.05) is 13.8 Å². The van der Waals surface area contributed by atoms with Gasteiger partial charge in [-0.05, 0) is 78.7 Å². The van der Waals surface area contributed by atoms with E-state index in [-0.39, 0.29) is 5.92 Å². The quantitative estimate of drug-likeness (QED) is 0.238. The van der Waals surface area contributed by atoms with Gasteiger partial charge in [0, 0.05) is 0 Å². The maximum Gasteiger partial charge on any atom is 0.416 e. The zero-order valence-corrected chi connectivity index (χ0v) is 19.5. The Kier molecular flexibility index (Phi) is 7.34. The van der Waals surface area contributed by atoms with Crippen LogP contribution in [0.3, 0.4) is 0 Å². The first-order valence-corrected chi connectivity index (χ1v) is 12.4. The molecule has 0 atom stereocenters. The number of rotatable bonds is 5. The molecule has 0 saturated carbocycles. The van der Waals surface area contributed by atoms with E-state index in [0.29, 0.717) is 22.1 Å². The molecule has 188 valence electrons. The van der Waals surface area contributed by atoms with Crippen LogP contribution in [0, 0.1) is 5.92 Å². The molecule has 0 heterocycles. The smallest absolute Gasteiger partial charge is 0.166 e. The summed E-state index contributed by atoms with van der Waals surface area (Å²) >= 11 is 0. The molecule has 35 heavy (non-hydrogen) atoms. The summed E-state index contributed by atoms with van der Waals surface area (Å²) in [5.41, 5.74) is -2.70. The third-order valence-corrected chi connectivity index (χ3v) is 10.4. The molecule has 0 saturated heterocycles. The van der Waals surface area contributed by atoms with Gasteiger partial charge in [0.15, 0.2) is 0 Å². The van der Waals surface area contributed by atoms with Crippen molar-refractivity contribution >= 4 is 23.2 Å². The van der Waals surface area contributed by atoms with E-state index in [1.807, 2.05) is 13.8 Å². The molecule has 0 aliphatic rings. The Bertz CT molecular complexity index is 983. The molecule has 0 radical (unpaired) electrons. The van der Waals surface area contributed by atoms with Gasteiger partial charge >= 0.3 is 18.5 Å². The molecule has 0 bridgehead atoms. The molecule has 0 nitrogen and oxygen atoms in total. The van der Waals surface area contributed by atoms with Crippen LogP contribution in [0.15, 0.2) is 72.8 Å². The van der Waals surface area contributed by atoms with E-state index in [9.17, 15) is 39.5 Å². The first-order chi connectivity index (χ1) is 16.0. The van der Waals surface area contributed by atoms with Crippen LogP contribution in [0.4, 0.5) is 39.5 Å². The van der Waals surface area contributed by atoms with E-state index >= 15 is 0 Å². The van der Waals surface area contributed by atoms with Crippen LogP contribution < -0.4 is 15.9 Å². The fourth-order valence-electron chi connectivity index (χ4n) is 4.03. The van der Waals surface area contributed by atoms with Crippen LogP contribution in [0.5, 0.6) is 0 Å². The molecule has 0 aliphatic carbocycles. The van der Waals surface area contributed by atoms with Crippen molar-refractivity contribution in [3.8, 4) is 0 Å². The molecule has 0 fully saturated rings. The summed E-state index contributed by atoms with van der Waals surface area (Å²) in [7, 11) is -2.93. The molecule has 0 aromatic heterocycles. The minimum atomic E-state index is -4.60. The monoisotopic (exact) mass is 523 g/mol. The van der Waals surface area contributed by atoms with E-state index in [0.717, 1.165) is 36.4 Å². The van der Waals surface area contributed by atoms with Crippen LogP contribution in [-0.2, 0) is 18.5 Å². The lowest BCUT2D eigenvalue weighted by atomic mass is 10.2. The number of alkyl halides is 9. The van der Waals surface area contributed by atoms with Crippen LogP contribution in [0.2, 0.25) is 0 Å². The first kappa shape index (κ1) is 27.1. The topological polar surface area (TPSA) is 0 Å². The summed E-state index contributed by atoms with van der Waals surface area (Å²) in [6.45, 7) is 3.68. The fourth-order valence-corrected chi connectivity index (χ4v) is 8.62. The van der Waals surface area contributed by atoms with Gasteiger partial charge in [-0.15, -0.1) is 0 Å². The zero-order chi connectivity index (χ0) is 26.2. The molecule has 0 amide bonds. The van der Waals surface area contributed by atoms with Crippen molar-refractivity contribution in [3.05, 3.63) is 89.5 Å². The Hall–Kier alpha value is -2.54. The van der Waals surface area contributed by atoms with E-state index in [4.69, 9.17) is 0 Å². The normalized spacial score (nSPS) is 13.4. The highest BCUT2D eigenvalue weighted by molar-refractivity contribution is 7.95. The predicted molar refractivity (Wildman–Crippen MR) is 120 cm³/mol. The van der Waals surface area contributed by atoms with Crippen molar-refractivity contribution in [2.45, 2.75) is 32.4 Å². The van der Waals surface area contributed by atoms with Crippen LogP contribution in [0.1, 0.15) is 30.5 Å². The van der Waals surface area contributed by atoms with Gasteiger partial charge in [-0.2, -0.15) is 39.5 Å². The van der Waals surface area contributed by atoms with Crippen molar-refractivity contribution in [2.24, 2.45) is 5.92 Å². The van der Waals surface area contributed by atoms with Gasteiger partial charge in [0.05, 0.1) is 22.9 Å². The maximum atomic E-state index is 13.2. The van der Waals surface area contributed by atoms with Crippen molar-refractivity contribution in [1.82, 2.24) is 0 Å². The van der Waals surface area contributed by atoms with Crippen molar-refractivity contribution < 1.29 is 39.5 Å². The van der Waals surface area contributed by atoms with Crippen LogP contribution in [-0.4, -0.2) is 6.16 Å². The van der Waals surface area contributed by atoms with Gasteiger partial charge in [-0.25, -0.2) is 0 Å². The molecular formula is C25H21F9P+. The van der Waals surface area contributed by atoms with E-state index < -0.39 is 42.5 Å². The Morgan fingerprint density at radius 1 is 0.486 bits per heavy atom. The first-order valence-electron chi connectivity index (χ1n) is 10.5. The van der Waals surface area contributed by atoms with E-state index in [1.54, 1.807) is 0 Å². The number of halogens is 9. The standard InChI is InChI=1S/C25H21F9P/c1-16(2)15-35(20-9-3-17(4-10-20)23(26,27)28,21-11-5-18(6-12-21)24(29,30)31)22-13-7-19(8-14-22)25(32,33)34/h3-14,16H,15H2,1-2H3/q+1. The third-order valence-electron chi connectivity index (χ3n) is 5.55. The lowest BCUT2D eigenvalue weighted by molar-refractivity contribution is -0.138. The molecule has 0 aliphatic heterocycles.